The quantitative estimate of drug-likeness (QED) is 0.499. The zero-order chi connectivity index (χ0) is 11.2. The average Bonchev–Trinajstić information content (AvgIpc) is 2.39. The molecule has 0 unspecified atom stereocenters. The lowest BCUT2D eigenvalue weighted by molar-refractivity contribution is -0.934. The molecule has 4 heteroatoms. The summed E-state index contributed by atoms with van der Waals surface area (Å²) in [5.74, 6) is -0.581. The first-order valence-corrected chi connectivity index (χ1v) is 5.57. The normalized spacial score (nSPS) is 42.7. The van der Waals surface area contributed by atoms with Crippen molar-refractivity contribution in [2.45, 2.75) is 37.5 Å². The molecule has 0 radical (unpaired) electrons. The highest BCUT2D eigenvalue weighted by molar-refractivity contribution is 5.74. The van der Waals surface area contributed by atoms with E-state index < -0.39 is 6.10 Å². The third kappa shape index (κ3) is 1.47. The highest BCUT2D eigenvalue weighted by Crippen LogP contribution is 2.43. The van der Waals surface area contributed by atoms with Crippen molar-refractivity contribution in [2.24, 2.45) is 5.92 Å². The van der Waals surface area contributed by atoms with Crippen LogP contribution in [-0.4, -0.2) is 55.0 Å². The lowest BCUT2D eigenvalue weighted by Crippen LogP contribution is -2.62. The number of nitrogens with zero attached hydrogens (tertiary/aromatic N) is 1. The van der Waals surface area contributed by atoms with Gasteiger partial charge >= 0.3 is 5.97 Å². The fourth-order valence-electron chi connectivity index (χ4n) is 3.41. The van der Waals surface area contributed by atoms with Crippen molar-refractivity contribution in [3.05, 3.63) is 0 Å². The average molecular weight is 214 g/mol. The maximum absolute atomic E-state index is 11.7. The fourth-order valence-corrected chi connectivity index (χ4v) is 3.41. The molecule has 2 bridgehead atoms. The van der Waals surface area contributed by atoms with Crippen LogP contribution in [0.25, 0.3) is 0 Å². The van der Waals surface area contributed by atoms with Crippen molar-refractivity contribution in [1.82, 2.24) is 0 Å². The summed E-state index contributed by atoms with van der Waals surface area (Å²) in [7, 11) is 5.71. The molecule has 2 rings (SSSR count). The third-order valence-electron chi connectivity index (χ3n) is 4.41. The molecule has 0 spiro atoms. The second kappa shape index (κ2) is 3.46. The van der Waals surface area contributed by atoms with Crippen molar-refractivity contribution in [3.8, 4) is 0 Å². The van der Waals surface area contributed by atoms with Crippen molar-refractivity contribution in [3.63, 3.8) is 0 Å². The molecule has 0 aliphatic carbocycles. The molecule has 86 valence electrons. The monoisotopic (exact) mass is 214 g/mol. The Morgan fingerprint density at radius 2 is 2.07 bits per heavy atom. The molecule has 4 atom stereocenters. The molecule has 0 amide bonds. The minimum Gasteiger partial charge on any atom is -0.469 e. The van der Waals surface area contributed by atoms with E-state index in [2.05, 4.69) is 14.1 Å². The Bertz CT molecular complexity index is 277. The Morgan fingerprint density at radius 1 is 1.40 bits per heavy atom. The zero-order valence-corrected chi connectivity index (χ0v) is 9.64. The molecule has 0 aromatic carbocycles. The number of esters is 1. The second-order valence-corrected chi connectivity index (χ2v) is 5.28. The van der Waals surface area contributed by atoms with Gasteiger partial charge in [-0.25, -0.2) is 0 Å². The molecule has 2 aliphatic heterocycles. The van der Waals surface area contributed by atoms with Gasteiger partial charge in [0.2, 0.25) is 0 Å². The maximum Gasteiger partial charge on any atom is 0.317 e. The van der Waals surface area contributed by atoms with Gasteiger partial charge in [0.15, 0.2) is 0 Å². The molecular weight excluding hydrogens is 194 g/mol. The van der Waals surface area contributed by atoms with E-state index in [1.807, 2.05) is 0 Å². The van der Waals surface area contributed by atoms with E-state index in [0.717, 1.165) is 23.7 Å². The number of rotatable bonds is 1. The van der Waals surface area contributed by atoms with Crippen molar-refractivity contribution < 1.29 is 19.1 Å². The molecule has 15 heavy (non-hydrogen) atoms. The third-order valence-corrected chi connectivity index (χ3v) is 4.41. The molecule has 1 N–H and O–H groups in total. The first kappa shape index (κ1) is 10.9. The van der Waals surface area contributed by atoms with Crippen LogP contribution >= 0.6 is 0 Å². The second-order valence-electron chi connectivity index (χ2n) is 5.28. The van der Waals surface area contributed by atoms with Gasteiger partial charge in [-0.1, -0.05) is 0 Å². The Labute approximate surface area is 90.4 Å². The van der Waals surface area contributed by atoms with E-state index in [1.165, 1.54) is 7.11 Å². The zero-order valence-electron chi connectivity index (χ0n) is 9.64. The SMILES string of the molecule is COC(=O)[C@@H]1[C@H](O)C[C@H]2CC[C@@H]1[N+]2(C)C. The number of carbonyl (C=O) groups is 1. The molecule has 2 heterocycles. The molecule has 4 nitrogen and oxygen atoms in total. The van der Waals surface area contributed by atoms with Gasteiger partial charge in [-0.2, -0.15) is 0 Å². The standard InChI is InChI=1S/C11H20NO3/c1-12(2)7-4-5-8(12)10(9(13)6-7)11(14)15-3/h7-10,13H,4-6H2,1-3H3/q+1/t7-,8+,9-,10+/m1/s1. The van der Waals surface area contributed by atoms with Crippen molar-refractivity contribution >= 4 is 5.97 Å². The van der Waals surface area contributed by atoms with Gasteiger partial charge < -0.3 is 14.3 Å². The summed E-state index contributed by atoms with van der Waals surface area (Å²) in [6, 6.07) is 0.733. The number of carbonyl (C=O) groups excluding carboxylic acids is 1. The van der Waals surface area contributed by atoms with E-state index >= 15 is 0 Å². The lowest BCUT2D eigenvalue weighted by Gasteiger charge is -2.46. The summed E-state index contributed by atoms with van der Waals surface area (Å²) >= 11 is 0. The molecule has 2 aliphatic rings. The number of hydrogen-bond donors (Lipinski definition) is 1. The van der Waals surface area contributed by atoms with Crippen LogP contribution in [0, 0.1) is 5.92 Å². The number of ether oxygens (including phenoxy) is 1. The Balaban J connectivity index is 2.27. The summed E-state index contributed by atoms with van der Waals surface area (Å²) in [4.78, 5) is 11.7. The van der Waals surface area contributed by atoms with Crippen molar-refractivity contribution in [2.75, 3.05) is 21.2 Å². The van der Waals surface area contributed by atoms with Crippen LogP contribution in [0.1, 0.15) is 19.3 Å². The molecule has 0 saturated carbocycles. The Hall–Kier alpha value is -0.610. The summed E-state index contributed by atoms with van der Waals surface area (Å²) in [6.07, 6.45) is 2.35. The van der Waals surface area contributed by atoms with Crippen LogP contribution in [0.15, 0.2) is 0 Å². The number of hydrogen-bond acceptors (Lipinski definition) is 3. The molecule has 0 aromatic heterocycles. The van der Waals surface area contributed by atoms with Gasteiger partial charge in [-0.05, 0) is 0 Å². The van der Waals surface area contributed by atoms with Gasteiger partial charge in [0.05, 0.1) is 33.4 Å². The van der Waals surface area contributed by atoms with E-state index in [0.29, 0.717) is 6.04 Å². The summed E-state index contributed by atoms with van der Waals surface area (Å²) in [5, 5.41) is 9.97. The topological polar surface area (TPSA) is 46.5 Å². The highest BCUT2D eigenvalue weighted by atomic mass is 16.5. The summed E-state index contributed by atoms with van der Waals surface area (Å²) in [5.41, 5.74) is 0. The number of piperidine rings is 1. The van der Waals surface area contributed by atoms with E-state index in [9.17, 15) is 9.90 Å². The molecule has 2 fully saturated rings. The maximum atomic E-state index is 11.7. The van der Waals surface area contributed by atoms with E-state index in [-0.39, 0.29) is 17.9 Å². The van der Waals surface area contributed by atoms with Gasteiger partial charge in [0.1, 0.15) is 12.0 Å². The summed E-state index contributed by atoms with van der Waals surface area (Å²) < 4.78 is 5.65. The number of aliphatic hydroxyl groups excluding tert-OH is 1. The number of quaternary nitrogens is 1. The minimum absolute atomic E-state index is 0.228. The predicted molar refractivity (Wildman–Crippen MR) is 55.0 cm³/mol. The molecule has 0 aromatic rings. The number of fused-ring (bicyclic) bond motifs is 2. The lowest BCUT2D eigenvalue weighted by atomic mass is 9.86. The Morgan fingerprint density at radius 3 is 2.67 bits per heavy atom. The first-order valence-electron chi connectivity index (χ1n) is 5.57. The molecular formula is C11H20NO3+. The van der Waals surface area contributed by atoms with Crippen LogP contribution in [0.2, 0.25) is 0 Å². The van der Waals surface area contributed by atoms with E-state index in [4.69, 9.17) is 4.74 Å². The first-order chi connectivity index (χ1) is 6.98. The number of methoxy groups -OCH3 is 1. The van der Waals surface area contributed by atoms with Gasteiger partial charge in [0.25, 0.3) is 0 Å². The van der Waals surface area contributed by atoms with Crippen LogP contribution in [0.4, 0.5) is 0 Å². The van der Waals surface area contributed by atoms with Crippen molar-refractivity contribution in [1.29, 1.82) is 0 Å². The highest BCUT2D eigenvalue weighted by Gasteiger charge is 2.57. The van der Waals surface area contributed by atoms with Gasteiger partial charge in [0, 0.05) is 19.3 Å². The van der Waals surface area contributed by atoms with Gasteiger partial charge in [-0.15, -0.1) is 0 Å². The van der Waals surface area contributed by atoms with Gasteiger partial charge in [-0.3, -0.25) is 4.79 Å². The van der Waals surface area contributed by atoms with Crippen LogP contribution in [0.5, 0.6) is 0 Å². The van der Waals surface area contributed by atoms with E-state index in [1.54, 1.807) is 0 Å². The van der Waals surface area contributed by atoms with Crippen LogP contribution in [-0.2, 0) is 9.53 Å². The smallest absolute Gasteiger partial charge is 0.317 e. The minimum atomic E-state index is -0.513. The summed E-state index contributed by atoms with van der Waals surface area (Å²) in [6.45, 7) is 0. The van der Waals surface area contributed by atoms with Crippen LogP contribution in [0.3, 0.4) is 0 Å². The number of aliphatic hydroxyl groups is 1. The fraction of sp³-hybridized carbons (Fsp3) is 0.909. The largest absolute Gasteiger partial charge is 0.469 e. The predicted octanol–water partition coefficient (Wildman–Crippen LogP) is 0.148. The molecule has 2 saturated heterocycles. The Kier molecular flexibility index (Phi) is 2.51. The van der Waals surface area contributed by atoms with Crippen LogP contribution < -0.4 is 0 Å².